The fraction of sp³-hybridized carbons (Fsp3) is 0.476. The second kappa shape index (κ2) is 9.39. The van der Waals surface area contributed by atoms with Crippen LogP contribution in [0.1, 0.15) is 42.7 Å². The first-order chi connectivity index (χ1) is 13.5. The van der Waals surface area contributed by atoms with E-state index in [2.05, 4.69) is 10.5 Å². The average Bonchev–Trinajstić information content (AvgIpc) is 2.90. The molecule has 150 valence electrons. The quantitative estimate of drug-likeness (QED) is 0.792. The van der Waals surface area contributed by atoms with Gasteiger partial charge in [-0.2, -0.15) is 0 Å². The van der Waals surface area contributed by atoms with E-state index in [4.69, 9.17) is 9.26 Å². The van der Waals surface area contributed by atoms with Crippen LogP contribution in [0.25, 0.3) is 0 Å². The van der Waals surface area contributed by atoms with Crippen LogP contribution in [0.4, 0.5) is 0 Å². The Balaban J connectivity index is 1.45. The van der Waals surface area contributed by atoms with Gasteiger partial charge in [0, 0.05) is 24.6 Å². The van der Waals surface area contributed by atoms with Crippen molar-refractivity contribution >= 4 is 11.8 Å². The van der Waals surface area contributed by atoms with Crippen molar-refractivity contribution in [3.05, 3.63) is 47.3 Å². The molecule has 1 atom stereocenters. The van der Waals surface area contributed by atoms with E-state index in [0.29, 0.717) is 39.0 Å². The van der Waals surface area contributed by atoms with Crippen LogP contribution in [-0.4, -0.2) is 41.1 Å². The summed E-state index contributed by atoms with van der Waals surface area (Å²) in [6, 6.07) is 9.44. The normalized spacial score (nSPS) is 17.3. The highest BCUT2D eigenvalue weighted by Gasteiger charge is 2.25. The standard InChI is InChI=1S/C21H27N3O4/c1-15-19(16(2)28-23-15)14-24-12-10-17(8-9-21(24)26)22-20(25)11-13-27-18-6-4-3-5-7-18/h3-7,17H,8-14H2,1-2H3,(H,22,25). The smallest absolute Gasteiger partial charge is 0.223 e. The van der Waals surface area contributed by atoms with E-state index in [1.54, 1.807) is 0 Å². The van der Waals surface area contributed by atoms with Gasteiger partial charge in [0.1, 0.15) is 11.5 Å². The summed E-state index contributed by atoms with van der Waals surface area (Å²) in [5.41, 5.74) is 1.78. The van der Waals surface area contributed by atoms with E-state index in [1.807, 2.05) is 49.1 Å². The Morgan fingerprint density at radius 1 is 1.29 bits per heavy atom. The molecule has 1 aliphatic heterocycles. The van der Waals surface area contributed by atoms with Crippen LogP contribution in [0.15, 0.2) is 34.9 Å². The molecule has 0 spiro atoms. The minimum absolute atomic E-state index is 0.00263. The fourth-order valence-corrected chi connectivity index (χ4v) is 3.34. The predicted octanol–water partition coefficient (Wildman–Crippen LogP) is 2.76. The Hall–Kier alpha value is -2.83. The summed E-state index contributed by atoms with van der Waals surface area (Å²) in [7, 11) is 0. The van der Waals surface area contributed by atoms with Crippen molar-refractivity contribution < 1.29 is 18.8 Å². The first kappa shape index (κ1) is 19.9. The number of carbonyl (C=O) groups excluding carboxylic acids is 2. The van der Waals surface area contributed by atoms with Crippen molar-refractivity contribution in [3.8, 4) is 5.75 Å². The molecule has 1 aromatic heterocycles. The van der Waals surface area contributed by atoms with Gasteiger partial charge < -0.3 is 19.5 Å². The van der Waals surface area contributed by atoms with Crippen LogP contribution >= 0.6 is 0 Å². The Kier molecular flexibility index (Phi) is 6.68. The monoisotopic (exact) mass is 385 g/mol. The van der Waals surface area contributed by atoms with Crippen molar-refractivity contribution in [1.82, 2.24) is 15.4 Å². The maximum atomic E-state index is 12.5. The number of likely N-dealkylation sites (tertiary alicyclic amines) is 1. The number of carbonyl (C=O) groups is 2. The number of ether oxygens (including phenoxy) is 1. The third-order valence-electron chi connectivity index (χ3n) is 5.04. The Bertz CT molecular complexity index is 784. The van der Waals surface area contributed by atoms with E-state index in [1.165, 1.54) is 0 Å². The number of rotatable bonds is 7. The third-order valence-corrected chi connectivity index (χ3v) is 5.04. The third kappa shape index (κ3) is 5.34. The number of amides is 2. The molecule has 2 amide bonds. The lowest BCUT2D eigenvalue weighted by molar-refractivity contribution is -0.131. The fourth-order valence-electron chi connectivity index (χ4n) is 3.34. The molecule has 3 rings (SSSR count). The summed E-state index contributed by atoms with van der Waals surface area (Å²) in [6.45, 7) is 5.19. The van der Waals surface area contributed by atoms with Crippen LogP contribution < -0.4 is 10.1 Å². The SMILES string of the molecule is Cc1noc(C)c1CN1CCC(NC(=O)CCOc2ccccc2)CCC1=O. The number of aryl methyl sites for hydroxylation is 2. The minimum atomic E-state index is -0.0486. The zero-order valence-electron chi connectivity index (χ0n) is 16.4. The maximum Gasteiger partial charge on any atom is 0.223 e. The molecule has 0 bridgehead atoms. The Morgan fingerprint density at radius 3 is 2.79 bits per heavy atom. The summed E-state index contributed by atoms with van der Waals surface area (Å²) in [5, 5.41) is 6.99. The van der Waals surface area contributed by atoms with Gasteiger partial charge in [-0.25, -0.2) is 0 Å². The molecule has 0 radical (unpaired) electrons. The first-order valence-electron chi connectivity index (χ1n) is 9.69. The van der Waals surface area contributed by atoms with Gasteiger partial charge in [-0.3, -0.25) is 9.59 Å². The van der Waals surface area contributed by atoms with Crippen molar-refractivity contribution in [2.75, 3.05) is 13.2 Å². The van der Waals surface area contributed by atoms with Gasteiger partial charge in [0.25, 0.3) is 0 Å². The number of nitrogens with one attached hydrogen (secondary N) is 1. The van der Waals surface area contributed by atoms with Crippen molar-refractivity contribution in [1.29, 1.82) is 0 Å². The van der Waals surface area contributed by atoms with Gasteiger partial charge >= 0.3 is 0 Å². The Labute approximate surface area is 165 Å². The van der Waals surface area contributed by atoms with Gasteiger partial charge in [0.15, 0.2) is 0 Å². The van der Waals surface area contributed by atoms with E-state index < -0.39 is 0 Å². The molecule has 0 saturated carbocycles. The highest BCUT2D eigenvalue weighted by Crippen LogP contribution is 2.19. The molecular formula is C21H27N3O4. The minimum Gasteiger partial charge on any atom is -0.493 e. The van der Waals surface area contributed by atoms with E-state index in [-0.39, 0.29) is 17.9 Å². The zero-order chi connectivity index (χ0) is 19.9. The summed E-state index contributed by atoms with van der Waals surface area (Å²) in [6.07, 6.45) is 2.11. The molecule has 1 aromatic carbocycles. The number of hydrogen-bond donors (Lipinski definition) is 1. The van der Waals surface area contributed by atoms with Crippen LogP contribution in [-0.2, 0) is 16.1 Å². The van der Waals surface area contributed by atoms with Crippen LogP contribution in [0.5, 0.6) is 5.75 Å². The lowest BCUT2D eigenvalue weighted by atomic mass is 10.1. The highest BCUT2D eigenvalue weighted by atomic mass is 16.5. The molecule has 2 heterocycles. The molecule has 1 fully saturated rings. The van der Waals surface area contributed by atoms with Crippen molar-refractivity contribution in [3.63, 3.8) is 0 Å². The lowest BCUT2D eigenvalue weighted by Gasteiger charge is -2.21. The first-order valence-corrected chi connectivity index (χ1v) is 9.69. The number of benzene rings is 1. The molecule has 2 aromatic rings. The van der Waals surface area contributed by atoms with Crippen LogP contribution in [0.2, 0.25) is 0 Å². The summed E-state index contributed by atoms with van der Waals surface area (Å²) in [5.74, 6) is 1.56. The maximum absolute atomic E-state index is 12.5. The van der Waals surface area contributed by atoms with Crippen LogP contribution in [0.3, 0.4) is 0 Å². The number of para-hydroxylation sites is 1. The van der Waals surface area contributed by atoms with Gasteiger partial charge in [-0.05, 0) is 38.8 Å². The molecule has 28 heavy (non-hydrogen) atoms. The van der Waals surface area contributed by atoms with Gasteiger partial charge in [-0.1, -0.05) is 23.4 Å². The molecule has 1 aliphatic rings. The van der Waals surface area contributed by atoms with E-state index in [9.17, 15) is 9.59 Å². The van der Waals surface area contributed by atoms with Crippen molar-refractivity contribution in [2.45, 2.75) is 52.1 Å². The number of nitrogens with zero attached hydrogens (tertiary/aromatic N) is 2. The van der Waals surface area contributed by atoms with Gasteiger partial charge in [-0.15, -0.1) is 0 Å². The van der Waals surface area contributed by atoms with E-state index in [0.717, 1.165) is 29.2 Å². The van der Waals surface area contributed by atoms with Crippen LogP contribution in [0, 0.1) is 13.8 Å². The highest BCUT2D eigenvalue weighted by molar-refractivity contribution is 5.78. The molecule has 0 aliphatic carbocycles. The lowest BCUT2D eigenvalue weighted by Crippen LogP contribution is -2.36. The van der Waals surface area contributed by atoms with Crippen molar-refractivity contribution in [2.24, 2.45) is 0 Å². The molecular weight excluding hydrogens is 358 g/mol. The van der Waals surface area contributed by atoms with E-state index >= 15 is 0 Å². The molecule has 1 saturated heterocycles. The predicted molar refractivity (Wildman–Crippen MR) is 104 cm³/mol. The second-order valence-corrected chi connectivity index (χ2v) is 7.12. The summed E-state index contributed by atoms with van der Waals surface area (Å²) in [4.78, 5) is 26.5. The average molecular weight is 385 g/mol. The zero-order valence-corrected chi connectivity index (χ0v) is 16.4. The number of aromatic nitrogens is 1. The van der Waals surface area contributed by atoms with Gasteiger partial charge in [0.2, 0.25) is 11.8 Å². The topological polar surface area (TPSA) is 84.7 Å². The second-order valence-electron chi connectivity index (χ2n) is 7.12. The molecule has 7 heteroatoms. The summed E-state index contributed by atoms with van der Waals surface area (Å²) >= 11 is 0. The molecule has 1 N–H and O–H groups in total. The van der Waals surface area contributed by atoms with Gasteiger partial charge in [0.05, 0.1) is 25.3 Å². The number of hydrogen-bond acceptors (Lipinski definition) is 5. The Morgan fingerprint density at radius 2 is 2.07 bits per heavy atom. The molecule has 7 nitrogen and oxygen atoms in total. The molecule has 1 unspecified atom stereocenters. The summed E-state index contributed by atoms with van der Waals surface area (Å²) < 4.78 is 10.8. The largest absolute Gasteiger partial charge is 0.493 e.